The molecule has 0 amide bonds. The first kappa shape index (κ1) is 19.0. The van der Waals surface area contributed by atoms with Crippen LogP contribution in [0.25, 0.3) is 0 Å². The summed E-state index contributed by atoms with van der Waals surface area (Å²) in [5.41, 5.74) is 0. The Bertz CT molecular complexity index is 214. The molecule has 0 aromatic rings. The first-order valence-corrected chi connectivity index (χ1v) is 10.0. The van der Waals surface area contributed by atoms with Gasteiger partial charge >= 0.3 is 0 Å². The van der Waals surface area contributed by atoms with Crippen LogP contribution in [0.4, 0.5) is 0 Å². The summed E-state index contributed by atoms with van der Waals surface area (Å²) in [6.07, 6.45) is 20.3. The molecule has 0 spiro atoms. The Kier molecular flexibility index (Phi) is 12.3. The molecular weight excluding hydrogens is 254 g/mol. The van der Waals surface area contributed by atoms with Crippen molar-refractivity contribution in [3.05, 3.63) is 0 Å². The highest BCUT2D eigenvalue weighted by Crippen LogP contribution is 2.27. The number of unbranched alkanes of at least 4 members (excludes halogenated alkanes) is 9. The zero-order chi connectivity index (χ0) is 15.2. The minimum atomic E-state index is 0.969. The lowest BCUT2D eigenvalue weighted by atomic mass is 9.82. The van der Waals surface area contributed by atoms with Gasteiger partial charge < -0.3 is 5.32 Å². The van der Waals surface area contributed by atoms with Crippen LogP contribution in [0.15, 0.2) is 0 Å². The fourth-order valence-electron chi connectivity index (χ4n) is 3.79. The Balaban J connectivity index is 1.74. The number of rotatable bonds is 13. The van der Waals surface area contributed by atoms with Crippen molar-refractivity contribution in [1.29, 1.82) is 0 Å². The number of hydrogen-bond acceptors (Lipinski definition) is 1. The zero-order valence-corrected chi connectivity index (χ0v) is 15.0. The van der Waals surface area contributed by atoms with E-state index >= 15 is 0 Å². The first-order chi connectivity index (χ1) is 10.3. The lowest BCUT2D eigenvalue weighted by molar-refractivity contribution is 0.274. The third-order valence-corrected chi connectivity index (χ3v) is 5.19. The molecule has 2 atom stereocenters. The molecule has 0 saturated heterocycles. The number of hydrogen-bond donors (Lipinski definition) is 1. The maximum absolute atomic E-state index is 3.70. The summed E-state index contributed by atoms with van der Waals surface area (Å²) in [4.78, 5) is 0. The van der Waals surface area contributed by atoms with Gasteiger partial charge in [-0.1, -0.05) is 84.5 Å². The fraction of sp³-hybridized carbons (Fsp3) is 1.00. The molecule has 0 radical (unpaired) electrons. The SMILES string of the molecule is CCCCCCCCCCCCNCC1CCCC(C)C1. The Hall–Kier alpha value is -0.0400. The molecule has 1 N–H and O–H groups in total. The zero-order valence-electron chi connectivity index (χ0n) is 15.0. The van der Waals surface area contributed by atoms with Crippen LogP contribution in [0.5, 0.6) is 0 Å². The van der Waals surface area contributed by atoms with Crippen molar-refractivity contribution in [2.24, 2.45) is 11.8 Å². The first-order valence-electron chi connectivity index (χ1n) is 10.0. The standard InChI is InChI=1S/C20H41N/c1-3-4-5-6-7-8-9-10-11-12-16-21-18-20-15-13-14-19(2)17-20/h19-21H,3-18H2,1-2H3. The maximum atomic E-state index is 3.70. The molecule has 1 fully saturated rings. The second-order valence-corrected chi connectivity index (χ2v) is 7.52. The molecule has 1 rings (SSSR count). The highest BCUT2D eigenvalue weighted by Gasteiger charge is 2.17. The summed E-state index contributed by atoms with van der Waals surface area (Å²) in [5.74, 6) is 1.94. The molecular formula is C20H41N. The maximum Gasteiger partial charge on any atom is -0.00204 e. The van der Waals surface area contributed by atoms with Crippen molar-refractivity contribution < 1.29 is 0 Å². The normalized spacial score (nSPS) is 22.6. The van der Waals surface area contributed by atoms with Gasteiger partial charge in [-0.15, -0.1) is 0 Å². The van der Waals surface area contributed by atoms with Crippen LogP contribution in [0.3, 0.4) is 0 Å². The molecule has 0 aromatic heterocycles. The molecule has 0 aliphatic heterocycles. The van der Waals surface area contributed by atoms with Gasteiger partial charge in [-0.05, 0) is 44.2 Å². The van der Waals surface area contributed by atoms with Gasteiger partial charge in [0.05, 0.1) is 0 Å². The molecule has 0 aromatic carbocycles. The van der Waals surface area contributed by atoms with Crippen molar-refractivity contribution >= 4 is 0 Å². The van der Waals surface area contributed by atoms with Crippen molar-refractivity contribution in [2.75, 3.05) is 13.1 Å². The van der Waals surface area contributed by atoms with Gasteiger partial charge in [0.25, 0.3) is 0 Å². The molecule has 2 unspecified atom stereocenters. The quantitative estimate of drug-likeness (QED) is 0.392. The molecule has 1 aliphatic rings. The Morgan fingerprint density at radius 2 is 1.43 bits per heavy atom. The van der Waals surface area contributed by atoms with Crippen molar-refractivity contribution in [1.82, 2.24) is 5.32 Å². The van der Waals surface area contributed by atoms with E-state index in [0.29, 0.717) is 0 Å². The van der Waals surface area contributed by atoms with Gasteiger partial charge in [-0.3, -0.25) is 0 Å². The van der Waals surface area contributed by atoms with Crippen LogP contribution in [-0.2, 0) is 0 Å². The van der Waals surface area contributed by atoms with Crippen LogP contribution < -0.4 is 5.32 Å². The topological polar surface area (TPSA) is 12.0 Å². The molecule has 0 bridgehead atoms. The van der Waals surface area contributed by atoms with Crippen LogP contribution in [0.2, 0.25) is 0 Å². The van der Waals surface area contributed by atoms with E-state index in [9.17, 15) is 0 Å². The van der Waals surface area contributed by atoms with Crippen LogP contribution >= 0.6 is 0 Å². The predicted octanol–water partition coefficient (Wildman–Crippen LogP) is 6.32. The lowest BCUT2D eigenvalue weighted by Crippen LogP contribution is -2.27. The highest BCUT2D eigenvalue weighted by atomic mass is 14.9. The lowest BCUT2D eigenvalue weighted by Gasteiger charge is -2.26. The van der Waals surface area contributed by atoms with Gasteiger partial charge in [0.1, 0.15) is 0 Å². The second-order valence-electron chi connectivity index (χ2n) is 7.52. The van der Waals surface area contributed by atoms with Crippen molar-refractivity contribution in [3.63, 3.8) is 0 Å². The molecule has 126 valence electrons. The van der Waals surface area contributed by atoms with E-state index in [0.717, 1.165) is 11.8 Å². The monoisotopic (exact) mass is 295 g/mol. The smallest absolute Gasteiger partial charge is 0.00204 e. The van der Waals surface area contributed by atoms with E-state index in [2.05, 4.69) is 19.2 Å². The Morgan fingerprint density at radius 1 is 0.810 bits per heavy atom. The second kappa shape index (κ2) is 13.6. The Labute approximate surface area is 134 Å². The predicted molar refractivity (Wildman–Crippen MR) is 95.8 cm³/mol. The summed E-state index contributed by atoms with van der Waals surface area (Å²) in [7, 11) is 0. The summed E-state index contributed by atoms with van der Waals surface area (Å²) in [6, 6.07) is 0. The molecule has 0 heterocycles. The molecule has 1 saturated carbocycles. The summed E-state index contributed by atoms with van der Waals surface area (Å²) >= 11 is 0. The van der Waals surface area contributed by atoms with E-state index in [1.165, 1.54) is 103 Å². The third-order valence-electron chi connectivity index (χ3n) is 5.19. The van der Waals surface area contributed by atoms with Crippen LogP contribution in [0, 0.1) is 11.8 Å². The summed E-state index contributed by atoms with van der Waals surface area (Å²) in [6.45, 7) is 7.25. The van der Waals surface area contributed by atoms with Gasteiger partial charge in [-0.2, -0.15) is 0 Å². The van der Waals surface area contributed by atoms with Crippen LogP contribution in [0.1, 0.15) is 104 Å². The van der Waals surface area contributed by atoms with Gasteiger partial charge in [0.2, 0.25) is 0 Å². The van der Waals surface area contributed by atoms with Gasteiger partial charge in [0, 0.05) is 0 Å². The highest BCUT2D eigenvalue weighted by molar-refractivity contribution is 4.72. The van der Waals surface area contributed by atoms with Crippen LogP contribution in [-0.4, -0.2) is 13.1 Å². The van der Waals surface area contributed by atoms with E-state index < -0.39 is 0 Å². The van der Waals surface area contributed by atoms with E-state index in [1.54, 1.807) is 0 Å². The number of nitrogens with one attached hydrogen (secondary N) is 1. The summed E-state index contributed by atoms with van der Waals surface area (Å²) in [5, 5.41) is 3.70. The molecule has 1 heteroatoms. The average molecular weight is 296 g/mol. The fourth-order valence-corrected chi connectivity index (χ4v) is 3.79. The van der Waals surface area contributed by atoms with Gasteiger partial charge in [-0.25, -0.2) is 0 Å². The van der Waals surface area contributed by atoms with E-state index in [4.69, 9.17) is 0 Å². The average Bonchev–Trinajstić information content (AvgIpc) is 2.48. The Morgan fingerprint density at radius 3 is 2.05 bits per heavy atom. The minimum absolute atomic E-state index is 0.969. The summed E-state index contributed by atoms with van der Waals surface area (Å²) < 4.78 is 0. The van der Waals surface area contributed by atoms with Gasteiger partial charge in [0.15, 0.2) is 0 Å². The van der Waals surface area contributed by atoms with E-state index in [1.807, 2.05) is 0 Å². The largest absolute Gasteiger partial charge is 0.316 e. The molecule has 1 nitrogen and oxygen atoms in total. The molecule has 1 aliphatic carbocycles. The van der Waals surface area contributed by atoms with E-state index in [-0.39, 0.29) is 0 Å². The van der Waals surface area contributed by atoms with Crippen molar-refractivity contribution in [3.8, 4) is 0 Å². The third kappa shape index (κ3) is 11.2. The molecule has 21 heavy (non-hydrogen) atoms. The minimum Gasteiger partial charge on any atom is -0.316 e. The van der Waals surface area contributed by atoms with Crippen molar-refractivity contribution in [2.45, 2.75) is 104 Å².